The fourth-order valence-corrected chi connectivity index (χ4v) is 2.69. The minimum absolute atomic E-state index is 0.120. The van der Waals surface area contributed by atoms with Gasteiger partial charge in [-0.15, -0.1) is 0 Å². The van der Waals surface area contributed by atoms with Gasteiger partial charge in [0.25, 0.3) is 0 Å². The average Bonchev–Trinajstić information content (AvgIpc) is 2.75. The summed E-state index contributed by atoms with van der Waals surface area (Å²) < 4.78 is 41.4. The Balaban J connectivity index is 2.46. The van der Waals surface area contributed by atoms with Gasteiger partial charge in [-0.25, -0.2) is 18.0 Å². The fourth-order valence-electron chi connectivity index (χ4n) is 2.69. The van der Waals surface area contributed by atoms with Crippen LogP contribution in [-0.4, -0.2) is 36.1 Å². The molecule has 4 nitrogen and oxygen atoms in total. The highest BCUT2D eigenvalue weighted by Crippen LogP contribution is 2.36. The van der Waals surface area contributed by atoms with Crippen molar-refractivity contribution in [1.82, 2.24) is 4.90 Å². The number of aromatic carboxylic acids is 1. The summed E-state index contributed by atoms with van der Waals surface area (Å²) in [6.07, 6.45) is 0.481. The quantitative estimate of drug-likeness (QED) is 0.832. The number of hydrogen-bond acceptors (Lipinski definition) is 3. The van der Waals surface area contributed by atoms with E-state index in [0.29, 0.717) is 19.5 Å². The number of benzene rings is 1. The third-order valence-electron chi connectivity index (χ3n) is 3.73. The molecule has 0 aromatic heterocycles. The summed E-state index contributed by atoms with van der Waals surface area (Å²) >= 11 is 0. The van der Waals surface area contributed by atoms with E-state index in [0.717, 1.165) is 6.07 Å². The van der Waals surface area contributed by atoms with Gasteiger partial charge in [0, 0.05) is 18.2 Å². The monoisotopic (exact) mass is 288 g/mol. The van der Waals surface area contributed by atoms with E-state index in [2.05, 4.69) is 0 Å². The molecule has 2 rings (SSSR count). The second-order valence-electron chi connectivity index (χ2n) is 5.05. The van der Waals surface area contributed by atoms with Crippen LogP contribution in [0.5, 0.6) is 0 Å². The van der Waals surface area contributed by atoms with Gasteiger partial charge in [-0.1, -0.05) is 0 Å². The van der Waals surface area contributed by atoms with Crippen LogP contribution < -0.4 is 5.73 Å². The molecule has 0 bridgehead atoms. The lowest BCUT2D eigenvalue weighted by Crippen LogP contribution is -2.22. The SMILES string of the molecule is CN1CC(CN)CC1c1cc(F)c(C(=O)O)c(F)c1F. The molecule has 0 spiro atoms. The van der Waals surface area contributed by atoms with E-state index in [9.17, 15) is 18.0 Å². The molecule has 1 fully saturated rings. The normalized spacial score (nSPS) is 23.2. The lowest BCUT2D eigenvalue weighted by molar-refractivity contribution is 0.0684. The van der Waals surface area contributed by atoms with E-state index in [-0.39, 0.29) is 11.5 Å². The van der Waals surface area contributed by atoms with Crippen LogP contribution >= 0.6 is 0 Å². The Labute approximate surface area is 114 Å². The molecule has 1 aromatic rings. The third-order valence-corrected chi connectivity index (χ3v) is 3.73. The largest absolute Gasteiger partial charge is 0.477 e. The highest BCUT2D eigenvalue weighted by molar-refractivity contribution is 5.88. The maximum Gasteiger partial charge on any atom is 0.341 e. The third kappa shape index (κ3) is 2.38. The smallest absolute Gasteiger partial charge is 0.341 e. The molecular formula is C13H15F3N2O2. The summed E-state index contributed by atoms with van der Waals surface area (Å²) in [5.74, 6) is -5.94. The molecule has 110 valence electrons. The lowest BCUT2D eigenvalue weighted by Gasteiger charge is -2.21. The zero-order chi connectivity index (χ0) is 15.0. The van der Waals surface area contributed by atoms with E-state index in [4.69, 9.17) is 10.8 Å². The average molecular weight is 288 g/mol. The second-order valence-corrected chi connectivity index (χ2v) is 5.05. The summed E-state index contributed by atoms with van der Waals surface area (Å²) in [5.41, 5.74) is 4.13. The van der Waals surface area contributed by atoms with Crippen molar-refractivity contribution in [3.05, 3.63) is 34.6 Å². The van der Waals surface area contributed by atoms with E-state index >= 15 is 0 Å². The Kier molecular flexibility index (Phi) is 4.01. The van der Waals surface area contributed by atoms with Gasteiger partial charge in [0.05, 0.1) is 0 Å². The molecule has 2 atom stereocenters. The number of nitrogens with two attached hydrogens (primary N) is 1. The summed E-state index contributed by atoms with van der Waals surface area (Å²) in [6.45, 7) is 1.01. The van der Waals surface area contributed by atoms with Crippen LogP contribution in [0.1, 0.15) is 28.4 Å². The van der Waals surface area contributed by atoms with Crippen molar-refractivity contribution in [2.24, 2.45) is 11.7 Å². The van der Waals surface area contributed by atoms with Crippen LogP contribution in [0, 0.1) is 23.4 Å². The molecule has 1 aliphatic heterocycles. The molecular weight excluding hydrogens is 273 g/mol. The summed E-state index contributed by atoms with van der Waals surface area (Å²) in [6, 6.07) is 0.262. The molecule has 20 heavy (non-hydrogen) atoms. The van der Waals surface area contributed by atoms with Gasteiger partial charge in [-0.2, -0.15) is 0 Å². The first-order valence-electron chi connectivity index (χ1n) is 6.17. The minimum atomic E-state index is -1.83. The van der Waals surface area contributed by atoms with Crippen LogP contribution in [0.2, 0.25) is 0 Å². The zero-order valence-electron chi connectivity index (χ0n) is 10.9. The molecule has 0 amide bonds. The molecule has 1 aromatic carbocycles. The van der Waals surface area contributed by atoms with Crippen LogP contribution in [0.4, 0.5) is 13.2 Å². The number of halogens is 3. The minimum Gasteiger partial charge on any atom is -0.477 e. The highest BCUT2D eigenvalue weighted by Gasteiger charge is 2.34. The van der Waals surface area contributed by atoms with E-state index in [1.54, 1.807) is 11.9 Å². The number of nitrogens with zero attached hydrogens (tertiary/aromatic N) is 1. The van der Waals surface area contributed by atoms with Gasteiger partial charge in [-0.3, -0.25) is 4.90 Å². The van der Waals surface area contributed by atoms with Gasteiger partial charge in [0.15, 0.2) is 11.6 Å². The van der Waals surface area contributed by atoms with Crippen molar-refractivity contribution in [2.45, 2.75) is 12.5 Å². The Morgan fingerprint density at radius 1 is 1.45 bits per heavy atom. The Morgan fingerprint density at radius 3 is 2.60 bits per heavy atom. The zero-order valence-corrected chi connectivity index (χ0v) is 10.9. The molecule has 0 aliphatic carbocycles. The van der Waals surface area contributed by atoms with Gasteiger partial charge in [0.2, 0.25) is 0 Å². The number of carboxylic acids is 1. The molecule has 0 radical (unpaired) electrons. The van der Waals surface area contributed by atoms with E-state index < -0.39 is 35.0 Å². The molecule has 3 N–H and O–H groups in total. The lowest BCUT2D eigenvalue weighted by atomic mass is 9.97. The molecule has 2 unspecified atom stereocenters. The Hall–Kier alpha value is -1.60. The highest BCUT2D eigenvalue weighted by atomic mass is 19.2. The predicted octanol–water partition coefficient (Wildman–Crippen LogP) is 1.75. The van der Waals surface area contributed by atoms with Crippen molar-refractivity contribution in [3.8, 4) is 0 Å². The number of rotatable bonds is 3. The first-order valence-corrected chi connectivity index (χ1v) is 6.17. The van der Waals surface area contributed by atoms with Crippen LogP contribution in [0.15, 0.2) is 6.07 Å². The molecule has 1 heterocycles. The van der Waals surface area contributed by atoms with Crippen molar-refractivity contribution in [1.29, 1.82) is 0 Å². The summed E-state index contributed by atoms with van der Waals surface area (Å²) in [4.78, 5) is 12.5. The van der Waals surface area contributed by atoms with Gasteiger partial charge < -0.3 is 10.8 Å². The van der Waals surface area contributed by atoms with Crippen molar-refractivity contribution >= 4 is 5.97 Å². The summed E-state index contributed by atoms with van der Waals surface area (Å²) in [5, 5.41) is 8.69. The number of carboxylic acid groups (broad SMARTS) is 1. The van der Waals surface area contributed by atoms with E-state index in [1.807, 2.05) is 0 Å². The molecule has 1 saturated heterocycles. The summed E-state index contributed by atoms with van der Waals surface area (Å²) in [7, 11) is 1.71. The fraction of sp³-hybridized carbons (Fsp3) is 0.462. The van der Waals surface area contributed by atoms with Crippen LogP contribution in [-0.2, 0) is 0 Å². The molecule has 7 heteroatoms. The second kappa shape index (κ2) is 5.41. The number of hydrogen-bond donors (Lipinski definition) is 2. The van der Waals surface area contributed by atoms with Gasteiger partial charge >= 0.3 is 5.97 Å². The van der Waals surface area contributed by atoms with Gasteiger partial charge in [0.1, 0.15) is 11.4 Å². The number of likely N-dealkylation sites (tertiary alicyclic amines) is 1. The molecule has 0 saturated carbocycles. The van der Waals surface area contributed by atoms with Crippen LogP contribution in [0.3, 0.4) is 0 Å². The Morgan fingerprint density at radius 2 is 2.10 bits per heavy atom. The van der Waals surface area contributed by atoms with Gasteiger partial charge in [-0.05, 0) is 32.0 Å². The maximum atomic E-state index is 14.0. The van der Waals surface area contributed by atoms with Crippen LogP contribution in [0.25, 0.3) is 0 Å². The van der Waals surface area contributed by atoms with Crippen molar-refractivity contribution in [3.63, 3.8) is 0 Å². The Bertz CT molecular complexity index is 551. The maximum absolute atomic E-state index is 14.0. The number of carbonyl (C=O) groups is 1. The van der Waals surface area contributed by atoms with Crippen molar-refractivity contribution < 1.29 is 23.1 Å². The standard InChI is InChI=1S/C13H15F3N2O2/c1-18-5-6(4-17)2-9(18)7-3-8(14)10(13(19)20)12(16)11(7)15/h3,6,9H,2,4-5,17H2,1H3,(H,19,20). The topological polar surface area (TPSA) is 66.6 Å². The predicted molar refractivity (Wildman–Crippen MR) is 65.8 cm³/mol. The molecule has 1 aliphatic rings. The first-order chi connectivity index (χ1) is 9.36. The first kappa shape index (κ1) is 14.8. The van der Waals surface area contributed by atoms with Crippen molar-refractivity contribution in [2.75, 3.05) is 20.1 Å². The van der Waals surface area contributed by atoms with E-state index in [1.165, 1.54) is 0 Å².